The first-order chi connectivity index (χ1) is 8.65. The van der Waals surface area contributed by atoms with Crippen LogP contribution in [0.4, 0.5) is 5.82 Å². The van der Waals surface area contributed by atoms with E-state index in [4.69, 9.17) is 11.6 Å². The maximum atomic E-state index is 11.0. The van der Waals surface area contributed by atoms with E-state index in [2.05, 4.69) is 15.3 Å². The molecule has 2 atom stereocenters. The first-order valence-electron chi connectivity index (χ1n) is 6.02. The highest BCUT2D eigenvalue weighted by Crippen LogP contribution is 2.29. The fraction of sp³-hybridized carbons (Fsp3) is 0.583. The summed E-state index contributed by atoms with van der Waals surface area (Å²) >= 11 is 5.92. The van der Waals surface area contributed by atoms with Crippen LogP contribution in [-0.2, 0) is 0 Å². The van der Waals surface area contributed by atoms with Gasteiger partial charge in [-0.2, -0.15) is 0 Å². The van der Waals surface area contributed by atoms with E-state index in [9.17, 15) is 9.90 Å². The van der Waals surface area contributed by atoms with E-state index in [0.29, 0.717) is 17.9 Å². The van der Waals surface area contributed by atoms with Gasteiger partial charge in [-0.25, -0.2) is 9.97 Å². The second-order valence-electron chi connectivity index (χ2n) is 4.57. The van der Waals surface area contributed by atoms with Gasteiger partial charge in [-0.05, 0) is 19.8 Å². The van der Waals surface area contributed by atoms with Crippen molar-refractivity contribution in [2.75, 3.05) is 11.9 Å². The third kappa shape index (κ3) is 2.62. The number of halogens is 1. The first-order valence-corrected chi connectivity index (χ1v) is 6.40. The number of aryl methyl sites for hydroxylation is 1. The molecule has 0 saturated heterocycles. The highest BCUT2D eigenvalue weighted by atomic mass is 35.5. The van der Waals surface area contributed by atoms with E-state index in [0.717, 1.165) is 19.3 Å². The molecule has 1 fully saturated rings. The minimum absolute atomic E-state index is 0.138. The van der Waals surface area contributed by atoms with Gasteiger partial charge in [0.05, 0.1) is 5.56 Å². The van der Waals surface area contributed by atoms with Crippen LogP contribution in [0, 0.1) is 12.8 Å². The Labute approximate surface area is 111 Å². The molecule has 5 nitrogen and oxygen atoms in total. The lowest BCUT2D eigenvalue weighted by Gasteiger charge is -2.20. The molecule has 0 spiro atoms. The summed E-state index contributed by atoms with van der Waals surface area (Å²) in [6.07, 6.45) is 3.68. The van der Waals surface area contributed by atoms with Gasteiger partial charge >= 0.3 is 0 Å². The molecule has 1 aliphatic carbocycles. The minimum Gasteiger partial charge on any atom is -0.396 e. The quantitative estimate of drug-likeness (QED) is 0.644. The van der Waals surface area contributed by atoms with Crippen molar-refractivity contribution in [3.8, 4) is 0 Å². The number of anilines is 1. The van der Waals surface area contributed by atoms with E-state index in [1.807, 2.05) is 0 Å². The van der Waals surface area contributed by atoms with E-state index in [-0.39, 0.29) is 29.3 Å². The minimum atomic E-state index is 0.138. The second-order valence-corrected chi connectivity index (χ2v) is 4.92. The van der Waals surface area contributed by atoms with Crippen molar-refractivity contribution >= 4 is 23.7 Å². The summed E-state index contributed by atoms with van der Waals surface area (Å²) < 4.78 is 0. The van der Waals surface area contributed by atoms with Gasteiger partial charge in [-0.1, -0.05) is 18.0 Å². The largest absolute Gasteiger partial charge is 0.396 e. The Morgan fingerprint density at radius 2 is 2.28 bits per heavy atom. The molecule has 98 valence electrons. The molecule has 2 rings (SSSR count). The molecule has 1 heterocycles. The van der Waals surface area contributed by atoms with E-state index in [1.54, 1.807) is 6.92 Å². The van der Waals surface area contributed by atoms with Crippen LogP contribution in [0.15, 0.2) is 0 Å². The van der Waals surface area contributed by atoms with Crippen molar-refractivity contribution in [2.24, 2.45) is 5.92 Å². The number of aromatic nitrogens is 2. The monoisotopic (exact) mass is 269 g/mol. The number of carbonyl (C=O) groups excluding carboxylic acids is 1. The third-order valence-electron chi connectivity index (χ3n) is 3.34. The van der Waals surface area contributed by atoms with Gasteiger partial charge < -0.3 is 10.4 Å². The number of aliphatic hydroxyl groups is 1. The Morgan fingerprint density at radius 3 is 2.94 bits per heavy atom. The number of aldehydes is 1. The molecule has 0 aromatic carbocycles. The van der Waals surface area contributed by atoms with Gasteiger partial charge in [-0.3, -0.25) is 4.79 Å². The maximum Gasteiger partial charge on any atom is 0.156 e. The smallest absolute Gasteiger partial charge is 0.156 e. The molecule has 6 heteroatoms. The predicted molar refractivity (Wildman–Crippen MR) is 69.0 cm³/mol. The number of nitrogens with zero attached hydrogens (tertiary/aromatic N) is 2. The fourth-order valence-corrected chi connectivity index (χ4v) is 2.64. The molecule has 0 amide bonds. The van der Waals surface area contributed by atoms with Gasteiger partial charge in [-0.15, -0.1) is 0 Å². The molecular formula is C12H16ClN3O2. The van der Waals surface area contributed by atoms with E-state index < -0.39 is 0 Å². The lowest BCUT2D eigenvalue weighted by atomic mass is 10.1. The predicted octanol–water partition coefficient (Wildman–Crippen LogP) is 1.82. The lowest BCUT2D eigenvalue weighted by Crippen LogP contribution is -2.27. The Kier molecular flexibility index (Phi) is 4.14. The Hall–Kier alpha value is -1.20. The number of rotatable bonds is 4. The van der Waals surface area contributed by atoms with Crippen LogP contribution >= 0.6 is 11.6 Å². The Balaban J connectivity index is 2.25. The maximum absolute atomic E-state index is 11.0. The molecule has 18 heavy (non-hydrogen) atoms. The van der Waals surface area contributed by atoms with Crippen LogP contribution in [-0.4, -0.2) is 34.0 Å². The zero-order valence-electron chi connectivity index (χ0n) is 10.2. The van der Waals surface area contributed by atoms with Gasteiger partial charge in [0.15, 0.2) is 6.29 Å². The molecule has 1 aromatic rings. The van der Waals surface area contributed by atoms with Crippen LogP contribution < -0.4 is 5.32 Å². The standard InChI is InChI=1S/C12H16ClN3O2/c1-7-14-11(13)9(6-18)12(15-7)16-10-4-2-3-8(10)5-17/h6,8,10,17H,2-5H2,1H3,(H,14,15,16). The van der Waals surface area contributed by atoms with Crippen molar-refractivity contribution in [2.45, 2.75) is 32.2 Å². The topological polar surface area (TPSA) is 75.1 Å². The van der Waals surface area contributed by atoms with Gasteiger partial charge in [0.1, 0.15) is 16.8 Å². The number of hydrogen-bond donors (Lipinski definition) is 2. The fourth-order valence-electron chi connectivity index (χ4n) is 2.38. The average Bonchev–Trinajstić information content (AvgIpc) is 2.76. The lowest BCUT2D eigenvalue weighted by molar-refractivity contribution is 0.112. The molecule has 0 radical (unpaired) electrons. The number of hydrogen-bond acceptors (Lipinski definition) is 5. The van der Waals surface area contributed by atoms with Crippen LogP contribution in [0.3, 0.4) is 0 Å². The molecule has 1 saturated carbocycles. The Bertz CT molecular complexity index is 453. The number of nitrogens with one attached hydrogen (secondary N) is 1. The summed E-state index contributed by atoms with van der Waals surface area (Å²) in [5.74, 6) is 1.19. The summed E-state index contributed by atoms with van der Waals surface area (Å²) in [6, 6.07) is 0.138. The van der Waals surface area contributed by atoms with Crippen LogP contribution in [0.2, 0.25) is 5.15 Å². The van der Waals surface area contributed by atoms with Crippen molar-refractivity contribution < 1.29 is 9.90 Å². The molecule has 0 aliphatic heterocycles. The molecule has 2 unspecified atom stereocenters. The molecule has 1 aromatic heterocycles. The van der Waals surface area contributed by atoms with E-state index >= 15 is 0 Å². The molecule has 1 aliphatic rings. The van der Waals surface area contributed by atoms with Crippen LogP contribution in [0.25, 0.3) is 0 Å². The van der Waals surface area contributed by atoms with Crippen molar-refractivity contribution in [1.82, 2.24) is 9.97 Å². The summed E-state index contributed by atoms with van der Waals surface area (Å²) in [7, 11) is 0. The Morgan fingerprint density at radius 1 is 1.50 bits per heavy atom. The zero-order valence-corrected chi connectivity index (χ0v) is 10.9. The van der Waals surface area contributed by atoms with Gasteiger partial charge in [0.2, 0.25) is 0 Å². The third-order valence-corrected chi connectivity index (χ3v) is 3.63. The van der Waals surface area contributed by atoms with Crippen LogP contribution in [0.1, 0.15) is 35.4 Å². The van der Waals surface area contributed by atoms with Gasteiger partial charge in [0, 0.05) is 18.6 Å². The summed E-state index contributed by atoms with van der Waals surface area (Å²) in [4.78, 5) is 19.2. The van der Waals surface area contributed by atoms with Crippen molar-refractivity contribution in [3.63, 3.8) is 0 Å². The number of aliphatic hydroxyl groups excluding tert-OH is 1. The second kappa shape index (κ2) is 5.63. The highest BCUT2D eigenvalue weighted by molar-refractivity contribution is 6.32. The number of carbonyl (C=O) groups is 1. The average molecular weight is 270 g/mol. The normalized spacial score (nSPS) is 23.1. The van der Waals surface area contributed by atoms with Crippen molar-refractivity contribution in [3.05, 3.63) is 16.5 Å². The molecule has 2 N–H and O–H groups in total. The first kappa shape index (κ1) is 13.2. The summed E-state index contributed by atoms with van der Waals surface area (Å²) in [6.45, 7) is 1.87. The molecule has 0 bridgehead atoms. The highest BCUT2D eigenvalue weighted by Gasteiger charge is 2.27. The molecular weight excluding hydrogens is 254 g/mol. The SMILES string of the molecule is Cc1nc(Cl)c(C=O)c(NC2CCCC2CO)n1. The van der Waals surface area contributed by atoms with E-state index in [1.165, 1.54) is 0 Å². The van der Waals surface area contributed by atoms with Crippen molar-refractivity contribution in [1.29, 1.82) is 0 Å². The van der Waals surface area contributed by atoms with Gasteiger partial charge in [0.25, 0.3) is 0 Å². The summed E-state index contributed by atoms with van der Waals surface area (Å²) in [5.41, 5.74) is 0.283. The summed E-state index contributed by atoms with van der Waals surface area (Å²) in [5, 5.41) is 12.7. The van der Waals surface area contributed by atoms with Crippen LogP contribution in [0.5, 0.6) is 0 Å². The zero-order chi connectivity index (χ0) is 13.1.